The van der Waals surface area contributed by atoms with E-state index in [1.807, 2.05) is 48.2 Å². The van der Waals surface area contributed by atoms with Crippen LogP contribution in [0.1, 0.15) is 16.7 Å². The minimum atomic E-state index is 0.125. The average molecular weight is 269 g/mol. The number of carbonyl (C=O) groups is 1. The molecule has 1 heterocycles. The molecule has 0 aliphatic carbocycles. The summed E-state index contributed by atoms with van der Waals surface area (Å²) in [6.07, 6.45) is 0. The van der Waals surface area contributed by atoms with Gasteiger partial charge in [-0.05, 0) is 41.9 Å². The summed E-state index contributed by atoms with van der Waals surface area (Å²) in [6.45, 7) is 3.51. The molecule has 2 aromatic carbocycles. The first-order chi connectivity index (χ1) is 9.22. The summed E-state index contributed by atoms with van der Waals surface area (Å²) < 4.78 is 0. The zero-order chi connectivity index (χ0) is 13.2. The first-order valence-corrected chi connectivity index (χ1v) is 7.14. The van der Waals surface area contributed by atoms with Crippen molar-refractivity contribution in [2.45, 2.75) is 24.9 Å². The van der Waals surface area contributed by atoms with Crippen LogP contribution in [0.3, 0.4) is 0 Å². The van der Waals surface area contributed by atoms with Crippen LogP contribution in [0, 0.1) is 6.92 Å². The highest BCUT2D eigenvalue weighted by Gasteiger charge is 2.23. The third-order valence-electron chi connectivity index (χ3n) is 3.33. The predicted molar refractivity (Wildman–Crippen MR) is 78.1 cm³/mol. The van der Waals surface area contributed by atoms with Crippen LogP contribution in [0.4, 0.5) is 4.79 Å². The van der Waals surface area contributed by atoms with Gasteiger partial charge in [-0.3, -0.25) is 4.79 Å². The smallest absolute Gasteiger partial charge is 0.287 e. The topological polar surface area (TPSA) is 20.3 Å². The molecule has 1 amide bonds. The maximum absolute atomic E-state index is 12.3. The van der Waals surface area contributed by atoms with Crippen LogP contribution in [0.5, 0.6) is 0 Å². The lowest BCUT2D eigenvalue weighted by atomic mass is 10.1. The molecule has 0 atom stereocenters. The second-order valence-corrected chi connectivity index (χ2v) is 5.83. The molecule has 0 saturated carbocycles. The van der Waals surface area contributed by atoms with Crippen LogP contribution in [0.2, 0.25) is 0 Å². The maximum atomic E-state index is 12.3. The van der Waals surface area contributed by atoms with Gasteiger partial charge in [0.1, 0.15) is 0 Å². The number of amides is 1. The van der Waals surface area contributed by atoms with Crippen LogP contribution in [0.25, 0.3) is 0 Å². The molecule has 0 N–H and O–H groups in total. The van der Waals surface area contributed by atoms with E-state index in [0.717, 1.165) is 18.0 Å². The highest BCUT2D eigenvalue weighted by atomic mass is 32.2. The quantitative estimate of drug-likeness (QED) is 0.722. The van der Waals surface area contributed by atoms with Crippen molar-refractivity contribution in [3.63, 3.8) is 0 Å². The molecule has 0 aromatic heterocycles. The van der Waals surface area contributed by atoms with Gasteiger partial charge in [-0.25, -0.2) is 0 Å². The van der Waals surface area contributed by atoms with Crippen LogP contribution in [0.15, 0.2) is 53.4 Å². The number of carbonyl (C=O) groups excluding carboxylic acids is 1. The lowest BCUT2D eigenvalue weighted by molar-refractivity contribution is 0.224. The molecular weight excluding hydrogens is 254 g/mol. The van der Waals surface area contributed by atoms with E-state index in [-0.39, 0.29) is 5.24 Å². The van der Waals surface area contributed by atoms with Gasteiger partial charge < -0.3 is 4.90 Å². The molecule has 0 radical (unpaired) electrons. The standard InChI is InChI=1S/C16H15NOS/c1-12-6-8-15(9-7-12)19-16(18)17-10-13-4-2-3-5-14(13)11-17/h2-9H,10-11H2,1H3. The summed E-state index contributed by atoms with van der Waals surface area (Å²) >= 11 is 1.31. The Balaban J connectivity index is 1.68. The molecule has 2 nitrogen and oxygen atoms in total. The fraction of sp³-hybridized carbons (Fsp3) is 0.188. The Bertz CT molecular complexity index is 581. The van der Waals surface area contributed by atoms with Crippen molar-refractivity contribution in [2.75, 3.05) is 0 Å². The third kappa shape index (κ3) is 2.66. The molecule has 3 heteroatoms. The molecule has 3 rings (SSSR count). The molecular formula is C16H15NOS. The Morgan fingerprint density at radius 3 is 2.16 bits per heavy atom. The Morgan fingerprint density at radius 1 is 1.00 bits per heavy atom. The normalized spacial score (nSPS) is 13.4. The summed E-state index contributed by atoms with van der Waals surface area (Å²) in [5, 5.41) is 0.125. The summed E-state index contributed by atoms with van der Waals surface area (Å²) in [7, 11) is 0. The third-order valence-corrected chi connectivity index (χ3v) is 4.27. The van der Waals surface area contributed by atoms with Crippen molar-refractivity contribution >= 4 is 17.0 Å². The number of hydrogen-bond donors (Lipinski definition) is 0. The first kappa shape index (κ1) is 12.3. The van der Waals surface area contributed by atoms with E-state index in [0.29, 0.717) is 0 Å². The Labute approximate surface area is 117 Å². The van der Waals surface area contributed by atoms with E-state index in [9.17, 15) is 4.79 Å². The van der Waals surface area contributed by atoms with E-state index in [4.69, 9.17) is 0 Å². The fourth-order valence-electron chi connectivity index (χ4n) is 2.23. The Kier molecular flexibility index (Phi) is 3.30. The molecule has 0 bridgehead atoms. The first-order valence-electron chi connectivity index (χ1n) is 6.32. The average Bonchev–Trinajstić information content (AvgIpc) is 2.85. The molecule has 1 aliphatic rings. The molecule has 2 aromatic rings. The van der Waals surface area contributed by atoms with E-state index in [1.54, 1.807) is 0 Å². The van der Waals surface area contributed by atoms with Crippen molar-refractivity contribution in [1.29, 1.82) is 0 Å². The molecule has 19 heavy (non-hydrogen) atoms. The Morgan fingerprint density at radius 2 is 1.58 bits per heavy atom. The van der Waals surface area contributed by atoms with Crippen LogP contribution in [-0.2, 0) is 13.1 Å². The van der Waals surface area contributed by atoms with Crippen molar-refractivity contribution < 1.29 is 4.79 Å². The van der Waals surface area contributed by atoms with E-state index in [1.165, 1.54) is 28.5 Å². The van der Waals surface area contributed by atoms with Gasteiger partial charge in [0.2, 0.25) is 0 Å². The SMILES string of the molecule is Cc1ccc(SC(=O)N2Cc3ccccc3C2)cc1. The summed E-state index contributed by atoms with van der Waals surface area (Å²) in [6, 6.07) is 16.3. The molecule has 0 fully saturated rings. The number of hydrogen-bond acceptors (Lipinski definition) is 2. The van der Waals surface area contributed by atoms with Crippen molar-refractivity contribution in [1.82, 2.24) is 4.90 Å². The number of benzene rings is 2. The molecule has 96 valence electrons. The van der Waals surface area contributed by atoms with Gasteiger partial charge in [0, 0.05) is 18.0 Å². The Hall–Kier alpha value is -1.74. The zero-order valence-corrected chi connectivity index (χ0v) is 11.6. The fourth-order valence-corrected chi connectivity index (χ4v) is 2.97. The monoisotopic (exact) mass is 269 g/mol. The predicted octanol–water partition coefficient (Wildman–Crippen LogP) is 4.22. The van der Waals surface area contributed by atoms with Gasteiger partial charge in [-0.1, -0.05) is 42.0 Å². The van der Waals surface area contributed by atoms with Gasteiger partial charge >= 0.3 is 0 Å². The highest BCUT2D eigenvalue weighted by molar-refractivity contribution is 8.13. The second-order valence-electron chi connectivity index (χ2n) is 4.81. The highest BCUT2D eigenvalue weighted by Crippen LogP contribution is 2.28. The minimum Gasteiger partial charge on any atom is -0.325 e. The van der Waals surface area contributed by atoms with Gasteiger partial charge in [0.15, 0.2) is 0 Å². The van der Waals surface area contributed by atoms with E-state index in [2.05, 4.69) is 12.1 Å². The minimum absolute atomic E-state index is 0.125. The van der Waals surface area contributed by atoms with Gasteiger partial charge in [-0.15, -0.1) is 0 Å². The van der Waals surface area contributed by atoms with Crippen LogP contribution in [-0.4, -0.2) is 10.1 Å². The largest absolute Gasteiger partial charge is 0.325 e. The van der Waals surface area contributed by atoms with E-state index >= 15 is 0 Å². The number of fused-ring (bicyclic) bond motifs is 1. The van der Waals surface area contributed by atoms with Crippen molar-refractivity contribution in [3.05, 3.63) is 65.2 Å². The van der Waals surface area contributed by atoms with Gasteiger partial charge in [0.05, 0.1) is 0 Å². The van der Waals surface area contributed by atoms with Gasteiger partial charge in [0.25, 0.3) is 5.24 Å². The van der Waals surface area contributed by atoms with Crippen LogP contribution < -0.4 is 0 Å². The lowest BCUT2D eigenvalue weighted by Crippen LogP contribution is -2.20. The van der Waals surface area contributed by atoms with E-state index < -0.39 is 0 Å². The van der Waals surface area contributed by atoms with Crippen molar-refractivity contribution in [2.24, 2.45) is 0 Å². The number of thioether (sulfide) groups is 1. The maximum Gasteiger partial charge on any atom is 0.287 e. The molecule has 0 unspecified atom stereocenters. The van der Waals surface area contributed by atoms with Crippen LogP contribution >= 0.6 is 11.8 Å². The number of rotatable bonds is 1. The lowest BCUT2D eigenvalue weighted by Gasteiger charge is -2.14. The van der Waals surface area contributed by atoms with Gasteiger partial charge in [-0.2, -0.15) is 0 Å². The number of nitrogens with zero attached hydrogens (tertiary/aromatic N) is 1. The molecule has 1 aliphatic heterocycles. The number of aryl methyl sites for hydroxylation is 1. The zero-order valence-electron chi connectivity index (χ0n) is 10.8. The molecule has 0 saturated heterocycles. The summed E-state index contributed by atoms with van der Waals surface area (Å²) in [5.74, 6) is 0. The second kappa shape index (κ2) is 5.10. The molecule has 0 spiro atoms. The summed E-state index contributed by atoms with van der Waals surface area (Å²) in [4.78, 5) is 15.2. The summed E-state index contributed by atoms with van der Waals surface area (Å²) in [5.41, 5.74) is 3.74. The van der Waals surface area contributed by atoms with Crippen molar-refractivity contribution in [3.8, 4) is 0 Å².